The van der Waals surface area contributed by atoms with Crippen molar-refractivity contribution in [1.82, 2.24) is 4.98 Å². The molecule has 1 aromatic rings. The van der Waals surface area contributed by atoms with Gasteiger partial charge in [-0.15, -0.1) is 0 Å². The molecule has 1 aliphatic rings. The lowest BCUT2D eigenvalue weighted by Gasteiger charge is -2.16. The van der Waals surface area contributed by atoms with Crippen LogP contribution in [0.4, 0.5) is 11.5 Å². The van der Waals surface area contributed by atoms with Gasteiger partial charge in [-0.25, -0.2) is 4.98 Å². The summed E-state index contributed by atoms with van der Waals surface area (Å²) in [6.07, 6.45) is 2.39. The maximum absolute atomic E-state index is 11.0. The number of aromatic nitrogens is 1. The summed E-state index contributed by atoms with van der Waals surface area (Å²) < 4.78 is 0.589. The molecule has 0 amide bonds. The Morgan fingerprint density at radius 1 is 1.71 bits per heavy atom. The summed E-state index contributed by atoms with van der Waals surface area (Å²) >= 11 is 3.17. The number of hydrogen-bond acceptors (Lipinski definition) is 5. The average molecular weight is 302 g/mol. The number of nitrogens with zero attached hydrogens (tertiary/aromatic N) is 3. The Kier molecular flexibility index (Phi) is 3.58. The molecule has 1 fully saturated rings. The Balaban J connectivity index is 2.29. The molecule has 1 saturated heterocycles. The van der Waals surface area contributed by atoms with E-state index >= 15 is 0 Å². The van der Waals surface area contributed by atoms with Crippen molar-refractivity contribution in [3.05, 3.63) is 26.9 Å². The summed E-state index contributed by atoms with van der Waals surface area (Å²) in [5.41, 5.74) is -0.00188. The molecule has 0 bridgehead atoms. The van der Waals surface area contributed by atoms with Gasteiger partial charge in [0.05, 0.1) is 4.92 Å². The van der Waals surface area contributed by atoms with Crippen LogP contribution in [0.15, 0.2) is 16.7 Å². The number of nitro groups is 1. The summed E-state index contributed by atoms with van der Waals surface area (Å²) in [5.74, 6) is 0.564. The molecule has 1 N–H and O–H groups in total. The Morgan fingerprint density at radius 3 is 3.06 bits per heavy atom. The minimum Gasteiger partial charge on any atom is -0.396 e. The van der Waals surface area contributed by atoms with Crippen LogP contribution in [-0.2, 0) is 0 Å². The quantitative estimate of drug-likeness (QED) is 0.677. The maximum Gasteiger partial charge on any atom is 0.312 e. The molecular formula is C10H12BrN3O3. The normalized spacial score (nSPS) is 19.6. The van der Waals surface area contributed by atoms with Gasteiger partial charge in [0.2, 0.25) is 5.82 Å². The smallest absolute Gasteiger partial charge is 0.312 e. The topological polar surface area (TPSA) is 79.5 Å². The fourth-order valence-corrected chi connectivity index (χ4v) is 2.29. The van der Waals surface area contributed by atoms with Crippen LogP contribution in [0.5, 0.6) is 0 Å². The van der Waals surface area contributed by atoms with Gasteiger partial charge in [-0.2, -0.15) is 0 Å². The standard InChI is InChI=1S/C10H12BrN3O3/c11-8-3-9(14(16)17)10(12-4-8)13-2-1-7(5-13)6-15/h3-4,7,15H,1-2,5-6H2/t7-/m0/s1. The number of hydrogen-bond donors (Lipinski definition) is 1. The zero-order valence-electron chi connectivity index (χ0n) is 9.04. The molecule has 6 nitrogen and oxygen atoms in total. The summed E-state index contributed by atoms with van der Waals surface area (Å²) in [7, 11) is 0. The van der Waals surface area contributed by atoms with Crippen molar-refractivity contribution < 1.29 is 10.0 Å². The molecule has 1 aliphatic heterocycles. The second kappa shape index (κ2) is 4.97. The van der Waals surface area contributed by atoms with Gasteiger partial charge in [-0.05, 0) is 22.4 Å². The molecule has 0 aromatic carbocycles. The average Bonchev–Trinajstić information content (AvgIpc) is 2.77. The lowest BCUT2D eigenvalue weighted by molar-refractivity contribution is -0.384. The van der Waals surface area contributed by atoms with Gasteiger partial charge in [0, 0.05) is 42.4 Å². The molecule has 1 aromatic heterocycles. The van der Waals surface area contributed by atoms with E-state index in [0.29, 0.717) is 23.4 Å². The molecule has 92 valence electrons. The largest absolute Gasteiger partial charge is 0.396 e. The van der Waals surface area contributed by atoms with E-state index in [1.165, 1.54) is 6.07 Å². The van der Waals surface area contributed by atoms with E-state index in [0.717, 1.165) is 6.42 Å². The Labute approximate surface area is 107 Å². The molecule has 0 radical (unpaired) electrons. The van der Waals surface area contributed by atoms with E-state index in [2.05, 4.69) is 20.9 Å². The first kappa shape index (κ1) is 12.3. The minimum atomic E-state index is -0.431. The minimum absolute atomic E-state index is 0.00188. The SMILES string of the molecule is O=[N+]([O-])c1cc(Br)cnc1N1CC[C@H](CO)C1. The van der Waals surface area contributed by atoms with Crippen molar-refractivity contribution in [1.29, 1.82) is 0 Å². The lowest BCUT2D eigenvalue weighted by Crippen LogP contribution is -2.22. The third kappa shape index (κ3) is 2.55. The molecule has 0 unspecified atom stereocenters. The molecular weight excluding hydrogens is 290 g/mol. The molecule has 1 atom stereocenters. The van der Waals surface area contributed by atoms with E-state index in [4.69, 9.17) is 5.11 Å². The highest BCUT2D eigenvalue weighted by molar-refractivity contribution is 9.10. The Bertz CT molecular complexity index is 441. The molecule has 2 heterocycles. The zero-order valence-corrected chi connectivity index (χ0v) is 10.6. The molecule has 0 spiro atoms. The number of halogens is 1. The van der Waals surface area contributed by atoms with Gasteiger partial charge in [0.1, 0.15) is 0 Å². The predicted octanol–water partition coefficient (Wildman–Crippen LogP) is 1.57. The van der Waals surface area contributed by atoms with Crippen molar-refractivity contribution in [3.63, 3.8) is 0 Å². The van der Waals surface area contributed by atoms with E-state index in [1.807, 2.05) is 4.90 Å². The molecule has 2 rings (SSSR count). The van der Waals surface area contributed by atoms with Gasteiger partial charge in [0.25, 0.3) is 0 Å². The number of aliphatic hydroxyl groups is 1. The van der Waals surface area contributed by atoms with Gasteiger partial charge < -0.3 is 10.0 Å². The van der Waals surface area contributed by atoms with Crippen molar-refractivity contribution in [3.8, 4) is 0 Å². The second-order valence-corrected chi connectivity index (χ2v) is 4.95. The Morgan fingerprint density at radius 2 is 2.47 bits per heavy atom. The maximum atomic E-state index is 11.0. The lowest BCUT2D eigenvalue weighted by atomic mass is 10.1. The summed E-state index contributed by atoms with van der Waals surface area (Å²) in [4.78, 5) is 16.5. The van der Waals surface area contributed by atoms with Gasteiger partial charge >= 0.3 is 5.69 Å². The summed E-state index contributed by atoms with van der Waals surface area (Å²) in [6.45, 7) is 1.42. The number of aliphatic hydroxyl groups excluding tert-OH is 1. The van der Waals surface area contributed by atoms with E-state index < -0.39 is 4.92 Å². The van der Waals surface area contributed by atoms with Crippen molar-refractivity contribution >= 4 is 27.4 Å². The highest BCUT2D eigenvalue weighted by Crippen LogP contribution is 2.31. The highest BCUT2D eigenvalue weighted by Gasteiger charge is 2.28. The summed E-state index contributed by atoms with van der Waals surface area (Å²) in [6, 6.07) is 1.45. The Hall–Kier alpha value is -1.21. The van der Waals surface area contributed by atoms with Gasteiger partial charge in [-0.1, -0.05) is 0 Å². The van der Waals surface area contributed by atoms with Crippen molar-refractivity contribution in [2.75, 3.05) is 24.6 Å². The fraction of sp³-hybridized carbons (Fsp3) is 0.500. The van der Waals surface area contributed by atoms with Crippen LogP contribution in [0.2, 0.25) is 0 Å². The molecule has 7 heteroatoms. The van der Waals surface area contributed by atoms with Crippen LogP contribution in [0, 0.1) is 16.0 Å². The fourth-order valence-electron chi connectivity index (χ4n) is 1.97. The van der Waals surface area contributed by atoms with Crippen LogP contribution in [0.25, 0.3) is 0 Å². The van der Waals surface area contributed by atoms with Crippen molar-refractivity contribution in [2.45, 2.75) is 6.42 Å². The number of anilines is 1. The first-order chi connectivity index (χ1) is 8.11. The van der Waals surface area contributed by atoms with Crippen LogP contribution in [-0.4, -0.2) is 34.7 Å². The zero-order chi connectivity index (χ0) is 12.4. The molecule has 0 aliphatic carbocycles. The van der Waals surface area contributed by atoms with Crippen molar-refractivity contribution in [2.24, 2.45) is 5.92 Å². The van der Waals surface area contributed by atoms with Gasteiger partial charge in [-0.3, -0.25) is 10.1 Å². The third-order valence-corrected chi connectivity index (χ3v) is 3.29. The van der Waals surface area contributed by atoms with Crippen LogP contribution in [0.3, 0.4) is 0 Å². The van der Waals surface area contributed by atoms with E-state index in [-0.39, 0.29) is 18.2 Å². The van der Waals surface area contributed by atoms with Crippen LogP contribution >= 0.6 is 15.9 Å². The first-order valence-corrected chi connectivity index (χ1v) is 6.07. The number of rotatable bonds is 3. The van der Waals surface area contributed by atoms with E-state index in [9.17, 15) is 10.1 Å². The van der Waals surface area contributed by atoms with Crippen LogP contribution < -0.4 is 4.90 Å². The predicted molar refractivity (Wildman–Crippen MR) is 66.0 cm³/mol. The molecule has 0 saturated carbocycles. The number of pyridine rings is 1. The van der Waals surface area contributed by atoms with E-state index in [1.54, 1.807) is 6.20 Å². The van der Waals surface area contributed by atoms with Gasteiger partial charge in [0.15, 0.2) is 0 Å². The first-order valence-electron chi connectivity index (χ1n) is 5.27. The highest BCUT2D eigenvalue weighted by atomic mass is 79.9. The monoisotopic (exact) mass is 301 g/mol. The second-order valence-electron chi connectivity index (χ2n) is 4.04. The third-order valence-electron chi connectivity index (χ3n) is 2.85. The summed E-state index contributed by atoms with van der Waals surface area (Å²) in [5, 5.41) is 20.0. The van der Waals surface area contributed by atoms with Crippen LogP contribution in [0.1, 0.15) is 6.42 Å². The molecule has 17 heavy (non-hydrogen) atoms.